The number of carbonyl (C=O) groups excluding carboxylic acids is 1. The van der Waals surface area contributed by atoms with Crippen LogP contribution in [-0.4, -0.2) is 30.1 Å². The summed E-state index contributed by atoms with van der Waals surface area (Å²) >= 11 is 1.51. The van der Waals surface area contributed by atoms with Gasteiger partial charge in [0.2, 0.25) is 0 Å². The van der Waals surface area contributed by atoms with E-state index in [1.54, 1.807) is 49.7 Å². The first-order chi connectivity index (χ1) is 15.0. The number of hydrogen-bond acceptors (Lipinski definition) is 6. The fourth-order valence-corrected chi connectivity index (χ4v) is 4.60. The Morgan fingerprint density at radius 2 is 1.81 bits per heavy atom. The normalized spacial score (nSPS) is 10.8. The second kappa shape index (κ2) is 8.73. The van der Waals surface area contributed by atoms with E-state index in [1.165, 1.54) is 16.9 Å². The fraction of sp³-hybridized carbons (Fsp3) is 0.208. The molecule has 0 unspecified atom stereocenters. The summed E-state index contributed by atoms with van der Waals surface area (Å²) in [5.41, 5.74) is 4.56. The van der Waals surface area contributed by atoms with Crippen molar-refractivity contribution >= 4 is 32.6 Å². The van der Waals surface area contributed by atoms with Crippen LogP contribution in [-0.2, 0) is 6.54 Å². The van der Waals surface area contributed by atoms with E-state index in [4.69, 9.17) is 14.5 Å². The molecule has 0 aliphatic heterocycles. The maximum absolute atomic E-state index is 13.7. The lowest BCUT2D eigenvalue weighted by Gasteiger charge is -2.20. The van der Waals surface area contributed by atoms with Crippen LogP contribution in [0.5, 0.6) is 11.5 Å². The fourth-order valence-electron chi connectivity index (χ4n) is 3.46. The summed E-state index contributed by atoms with van der Waals surface area (Å²) in [5.74, 6) is 0.925. The molecule has 0 aliphatic carbocycles. The summed E-state index contributed by atoms with van der Waals surface area (Å²) < 4.78 is 11.8. The minimum atomic E-state index is -0.186. The Balaban J connectivity index is 1.82. The van der Waals surface area contributed by atoms with Crippen molar-refractivity contribution in [1.29, 1.82) is 0 Å². The number of hydrogen-bond donors (Lipinski definition) is 0. The van der Waals surface area contributed by atoms with Gasteiger partial charge in [-0.15, -0.1) is 0 Å². The van der Waals surface area contributed by atoms with Gasteiger partial charge in [0, 0.05) is 24.0 Å². The van der Waals surface area contributed by atoms with E-state index in [0.717, 1.165) is 21.3 Å². The molecular weight excluding hydrogens is 410 g/mol. The molecule has 0 bridgehead atoms. The third kappa shape index (κ3) is 4.36. The van der Waals surface area contributed by atoms with E-state index < -0.39 is 0 Å². The number of thiazole rings is 1. The molecule has 0 radical (unpaired) electrons. The standard InChI is InChI=1S/C24H23N3O3S/c1-15-8-16(2)22-21(9-15)31-24(26-22)27(14-17-6-5-7-25-13-17)23(28)18-10-19(29-3)12-20(11-18)30-4/h5-13H,14H2,1-4H3. The predicted octanol–water partition coefficient (Wildman–Crippen LogP) is 5.17. The summed E-state index contributed by atoms with van der Waals surface area (Å²) in [6.45, 7) is 4.45. The number of aromatic nitrogens is 2. The molecule has 0 spiro atoms. The van der Waals surface area contributed by atoms with Crippen LogP contribution in [0, 0.1) is 13.8 Å². The number of carbonyl (C=O) groups is 1. The molecule has 0 fully saturated rings. The second-order valence-electron chi connectivity index (χ2n) is 7.28. The highest BCUT2D eigenvalue weighted by atomic mass is 32.1. The predicted molar refractivity (Wildman–Crippen MR) is 123 cm³/mol. The minimum absolute atomic E-state index is 0.186. The summed E-state index contributed by atoms with van der Waals surface area (Å²) in [7, 11) is 3.13. The van der Waals surface area contributed by atoms with Gasteiger partial charge in [-0.1, -0.05) is 23.5 Å². The maximum atomic E-state index is 13.7. The molecule has 0 saturated carbocycles. The van der Waals surface area contributed by atoms with Gasteiger partial charge >= 0.3 is 0 Å². The van der Waals surface area contributed by atoms with Gasteiger partial charge < -0.3 is 9.47 Å². The number of ether oxygens (including phenoxy) is 2. The number of pyridine rings is 1. The number of aryl methyl sites for hydroxylation is 2. The highest BCUT2D eigenvalue weighted by Crippen LogP contribution is 2.34. The van der Waals surface area contributed by atoms with Gasteiger partial charge in [0.25, 0.3) is 5.91 Å². The van der Waals surface area contributed by atoms with Crippen LogP contribution in [0.4, 0.5) is 5.13 Å². The first kappa shape index (κ1) is 20.8. The smallest absolute Gasteiger partial charge is 0.260 e. The van der Waals surface area contributed by atoms with Crippen LogP contribution in [0.2, 0.25) is 0 Å². The van der Waals surface area contributed by atoms with Gasteiger partial charge in [0.1, 0.15) is 11.5 Å². The molecule has 6 nitrogen and oxygen atoms in total. The molecule has 0 saturated heterocycles. The SMILES string of the molecule is COc1cc(OC)cc(C(=O)N(Cc2cccnc2)c2nc3c(C)cc(C)cc3s2)c1. The maximum Gasteiger partial charge on any atom is 0.260 e. The van der Waals surface area contributed by atoms with Crippen molar-refractivity contribution in [3.8, 4) is 11.5 Å². The molecule has 158 valence electrons. The van der Waals surface area contributed by atoms with Crippen molar-refractivity contribution in [2.24, 2.45) is 0 Å². The average Bonchev–Trinajstić information content (AvgIpc) is 3.21. The summed E-state index contributed by atoms with van der Waals surface area (Å²) in [6, 6.07) is 13.2. The molecule has 31 heavy (non-hydrogen) atoms. The molecule has 2 aromatic carbocycles. The van der Waals surface area contributed by atoms with Crippen molar-refractivity contribution in [2.45, 2.75) is 20.4 Å². The molecule has 0 N–H and O–H groups in total. The third-order valence-corrected chi connectivity index (χ3v) is 5.98. The van der Waals surface area contributed by atoms with Gasteiger partial charge in [-0.2, -0.15) is 0 Å². The van der Waals surface area contributed by atoms with E-state index >= 15 is 0 Å². The lowest BCUT2D eigenvalue weighted by atomic mass is 10.1. The second-order valence-corrected chi connectivity index (χ2v) is 8.29. The lowest BCUT2D eigenvalue weighted by molar-refractivity contribution is 0.0984. The van der Waals surface area contributed by atoms with Crippen molar-refractivity contribution < 1.29 is 14.3 Å². The van der Waals surface area contributed by atoms with Crippen molar-refractivity contribution in [1.82, 2.24) is 9.97 Å². The Kier molecular flexibility index (Phi) is 5.86. The third-order valence-electron chi connectivity index (χ3n) is 4.96. The summed E-state index contributed by atoms with van der Waals surface area (Å²) in [6.07, 6.45) is 3.47. The number of benzene rings is 2. The monoisotopic (exact) mass is 433 g/mol. The number of anilines is 1. The highest BCUT2D eigenvalue weighted by Gasteiger charge is 2.23. The largest absolute Gasteiger partial charge is 0.497 e. The van der Waals surface area contributed by atoms with Gasteiger partial charge in [0.05, 0.1) is 31.0 Å². The van der Waals surface area contributed by atoms with Crippen LogP contribution in [0.25, 0.3) is 10.2 Å². The zero-order valence-electron chi connectivity index (χ0n) is 17.9. The van der Waals surface area contributed by atoms with E-state index in [1.807, 2.05) is 19.1 Å². The van der Waals surface area contributed by atoms with Crippen LogP contribution in [0.3, 0.4) is 0 Å². The molecule has 0 aliphatic rings. The molecule has 4 aromatic rings. The zero-order valence-corrected chi connectivity index (χ0v) is 18.7. The van der Waals surface area contributed by atoms with E-state index in [-0.39, 0.29) is 5.91 Å². The molecule has 7 heteroatoms. The summed E-state index contributed by atoms with van der Waals surface area (Å²) in [5, 5.41) is 0.638. The minimum Gasteiger partial charge on any atom is -0.497 e. The van der Waals surface area contributed by atoms with E-state index in [2.05, 4.69) is 24.0 Å². The summed E-state index contributed by atoms with van der Waals surface area (Å²) in [4.78, 5) is 24.4. The zero-order chi connectivity index (χ0) is 22.0. The number of nitrogens with zero attached hydrogens (tertiary/aromatic N) is 3. The Labute approximate surface area is 185 Å². The average molecular weight is 434 g/mol. The first-order valence-electron chi connectivity index (χ1n) is 9.80. The Bertz CT molecular complexity index is 1220. The number of fused-ring (bicyclic) bond motifs is 1. The van der Waals surface area contributed by atoms with E-state index in [9.17, 15) is 4.79 Å². The highest BCUT2D eigenvalue weighted by molar-refractivity contribution is 7.22. The molecular formula is C24H23N3O3S. The molecule has 0 atom stereocenters. The molecule has 1 amide bonds. The van der Waals surface area contributed by atoms with E-state index in [0.29, 0.717) is 28.7 Å². The van der Waals surface area contributed by atoms with Gasteiger partial charge in [-0.3, -0.25) is 14.7 Å². The number of methoxy groups -OCH3 is 2. The van der Waals surface area contributed by atoms with Gasteiger partial charge in [0.15, 0.2) is 5.13 Å². The van der Waals surface area contributed by atoms with Crippen LogP contribution >= 0.6 is 11.3 Å². The molecule has 4 rings (SSSR count). The number of rotatable bonds is 6. The molecule has 2 heterocycles. The van der Waals surface area contributed by atoms with Gasteiger partial charge in [-0.05, 0) is 54.8 Å². The van der Waals surface area contributed by atoms with Crippen LogP contribution in [0.1, 0.15) is 27.0 Å². The van der Waals surface area contributed by atoms with Crippen molar-refractivity contribution in [3.05, 3.63) is 77.1 Å². The lowest BCUT2D eigenvalue weighted by Crippen LogP contribution is -2.30. The Morgan fingerprint density at radius 1 is 1.06 bits per heavy atom. The number of amides is 1. The van der Waals surface area contributed by atoms with Crippen LogP contribution in [0.15, 0.2) is 54.9 Å². The first-order valence-corrected chi connectivity index (χ1v) is 10.6. The van der Waals surface area contributed by atoms with Gasteiger partial charge in [-0.25, -0.2) is 4.98 Å². The Hall–Kier alpha value is -3.45. The topological polar surface area (TPSA) is 64.6 Å². The Morgan fingerprint density at radius 3 is 2.45 bits per heavy atom. The molecule has 2 aromatic heterocycles. The van der Waals surface area contributed by atoms with Crippen molar-refractivity contribution in [2.75, 3.05) is 19.1 Å². The quantitative estimate of drug-likeness (QED) is 0.420. The van der Waals surface area contributed by atoms with Crippen molar-refractivity contribution in [3.63, 3.8) is 0 Å². The van der Waals surface area contributed by atoms with Crippen LogP contribution < -0.4 is 14.4 Å².